The Bertz CT molecular complexity index is 528. The second-order valence-corrected chi connectivity index (χ2v) is 7.01. The molecule has 0 atom stereocenters. The van der Waals surface area contributed by atoms with Crippen molar-refractivity contribution in [3.63, 3.8) is 0 Å². The predicted molar refractivity (Wildman–Crippen MR) is 85.7 cm³/mol. The standard InChI is InChI=1S/C17H23BrO2/c1-11-10-13(18)12(2)14(15(11)20-4)16(19)17(3)8-6-5-7-9-17/h10H,5-9H2,1-4H3. The molecule has 1 aliphatic rings. The number of Topliss-reactive ketones (excluding diaryl/α,β-unsaturated/α-hetero) is 1. The lowest BCUT2D eigenvalue weighted by Gasteiger charge is -2.33. The van der Waals surface area contributed by atoms with Gasteiger partial charge in [0.2, 0.25) is 0 Å². The van der Waals surface area contributed by atoms with E-state index in [9.17, 15) is 4.79 Å². The lowest BCUT2D eigenvalue weighted by molar-refractivity contribution is 0.0745. The van der Waals surface area contributed by atoms with Crippen LogP contribution in [0.5, 0.6) is 5.75 Å². The van der Waals surface area contributed by atoms with E-state index in [-0.39, 0.29) is 11.2 Å². The van der Waals surface area contributed by atoms with Gasteiger partial charge in [-0.15, -0.1) is 0 Å². The van der Waals surface area contributed by atoms with Crippen molar-refractivity contribution >= 4 is 21.7 Å². The molecule has 0 unspecified atom stereocenters. The van der Waals surface area contributed by atoms with E-state index in [1.807, 2.05) is 19.9 Å². The number of hydrogen-bond donors (Lipinski definition) is 0. The first-order chi connectivity index (χ1) is 9.40. The molecule has 1 aliphatic carbocycles. The summed E-state index contributed by atoms with van der Waals surface area (Å²) in [6.45, 7) is 6.10. The molecule has 0 saturated heterocycles. The fourth-order valence-corrected chi connectivity index (χ4v) is 3.79. The van der Waals surface area contributed by atoms with Crippen LogP contribution in [0, 0.1) is 19.3 Å². The minimum Gasteiger partial charge on any atom is -0.496 e. The summed E-state index contributed by atoms with van der Waals surface area (Å²) >= 11 is 3.56. The topological polar surface area (TPSA) is 26.3 Å². The van der Waals surface area contributed by atoms with Gasteiger partial charge in [-0.3, -0.25) is 4.79 Å². The molecule has 0 heterocycles. The van der Waals surface area contributed by atoms with Crippen LogP contribution in [0.1, 0.15) is 60.5 Å². The van der Waals surface area contributed by atoms with E-state index in [4.69, 9.17) is 4.74 Å². The second kappa shape index (κ2) is 5.88. The van der Waals surface area contributed by atoms with Crippen LogP contribution in [-0.4, -0.2) is 12.9 Å². The Morgan fingerprint density at radius 1 is 1.25 bits per heavy atom. The van der Waals surface area contributed by atoms with Crippen LogP contribution in [0.2, 0.25) is 0 Å². The number of ether oxygens (including phenoxy) is 1. The van der Waals surface area contributed by atoms with Crippen molar-refractivity contribution in [2.45, 2.75) is 52.9 Å². The first kappa shape index (κ1) is 15.6. The summed E-state index contributed by atoms with van der Waals surface area (Å²) in [5, 5.41) is 0. The summed E-state index contributed by atoms with van der Waals surface area (Å²) in [6.07, 6.45) is 5.52. The Labute approximate surface area is 130 Å². The highest BCUT2D eigenvalue weighted by Crippen LogP contribution is 2.43. The summed E-state index contributed by atoms with van der Waals surface area (Å²) in [6, 6.07) is 2.02. The van der Waals surface area contributed by atoms with Gasteiger partial charge in [0, 0.05) is 9.89 Å². The molecule has 0 bridgehead atoms. The van der Waals surface area contributed by atoms with Crippen molar-refractivity contribution in [3.05, 3.63) is 27.2 Å². The van der Waals surface area contributed by atoms with Gasteiger partial charge in [-0.1, -0.05) is 42.1 Å². The molecule has 2 nitrogen and oxygen atoms in total. The molecular formula is C17H23BrO2. The van der Waals surface area contributed by atoms with Crippen LogP contribution >= 0.6 is 15.9 Å². The average molecular weight is 339 g/mol. The minimum absolute atomic E-state index is 0.233. The lowest BCUT2D eigenvalue weighted by atomic mass is 9.70. The number of aryl methyl sites for hydroxylation is 1. The van der Waals surface area contributed by atoms with E-state index >= 15 is 0 Å². The predicted octanol–water partition coefficient (Wildman–Crippen LogP) is 5.23. The number of carbonyl (C=O) groups excluding carboxylic acids is 1. The number of benzene rings is 1. The molecule has 2 rings (SSSR count). The maximum Gasteiger partial charge on any atom is 0.172 e. The van der Waals surface area contributed by atoms with Gasteiger partial charge in [0.15, 0.2) is 5.78 Å². The van der Waals surface area contributed by atoms with Crippen molar-refractivity contribution in [2.75, 3.05) is 7.11 Å². The number of carbonyl (C=O) groups is 1. The van der Waals surface area contributed by atoms with E-state index in [0.29, 0.717) is 0 Å². The summed E-state index contributed by atoms with van der Waals surface area (Å²) in [7, 11) is 1.65. The van der Waals surface area contributed by atoms with Gasteiger partial charge in [0.1, 0.15) is 5.75 Å². The Morgan fingerprint density at radius 3 is 2.40 bits per heavy atom. The minimum atomic E-state index is -0.233. The van der Waals surface area contributed by atoms with Gasteiger partial charge in [0.05, 0.1) is 12.7 Å². The van der Waals surface area contributed by atoms with Gasteiger partial charge in [0.25, 0.3) is 0 Å². The molecule has 0 radical (unpaired) electrons. The maximum absolute atomic E-state index is 13.1. The Hall–Kier alpha value is -0.830. The molecule has 20 heavy (non-hydrogen) atoms. The third-order valence-electron chi connectivity index (χ3n) is 4.60. The molecule has 1 aromatic carbocycles. The van der Waals surface area contributed by atoms with Gasteiger partial charge in [-0.25, -0.2) is 0 Å². The molecule has 3 heteroatoms. The summed E-state index contributed by atoms with van der Waals surface area (Å²) in [4.78, 5) is 13.1. The van der Waals surface area contributed by atoms with E-state index in [1.165, 1.54) is 6.42 Å². The van der Waals surface area contributed by atoms with Crippen LogP contribution in [0.3, 0.4) is 0 Å². The van der Waals surface area contributed by atoms with Gasteiger partial charge >= 0.3 is 0 Å². The van der Waals surface area contributed by atoms with E-state index < -0.39 is 0 Å². The van der Waals surface area contributed by atoms with E-state index in [2.05, 4.69) is 22.9 Å². The summed E-state index contributed by atoms with van der Waals surface area (Å²) in [5.74, 6) is 0.985. The first-order valence-corrected chi connectivity index (χ1v) is 8.08. The highest BCUT2D eigenvalue weighted by molar-refractivity contribution is 9.10. The number of halogens is 1. The highest BCUT2D eigenvalue weighted by atomic mass is 79.9. The zero-order chi connectivity index (χ0) is 14.9. The highest BCUT2D eigenvalue weighted by Gasteiger charge is 2.37. The SMILES string of the molecule is COc1c(C)cc(Br)c(C)c1C(=O)C1(C)CCCCC1. The molecule has 0 N–H and O–H groups in total. The van der Waals surface area contributed by atoms with Gasteiger partial charge < -0.3 is 4.74 Å². The molecule has 0 aliphatic heterocycles. The van der Waals surface area contributed by atoms with Crippen molar-refractivity contribution in [3.8, 4) is 5.75 Å². The Kier molecular flexibility index (Phi) is 4.58. The van der Waals surface area contributed by atoms with E-state index in [0.717, 1.165) is 52.6 Å². The molecule has 0 amide bonds. The number of hydrogen-bond acceptors (Lipinski definition) is 2. The smallest absolute Gasteiger partial charge is 0.172 e. The average Bonchev–Trinajstić information content (AvgIpc) is 2.42. The van der Waals surface area contributed by atoms with Crippen molar-refractivity contribution in [2.24, 2.45) is 5.41 Å². The quantitative estimate of drug-likeness (QED) is 0.705. The van der Waals surface area contributed by atoms with Crippen LogP contribution in [0.4, 0.5) is 0 Å². The summed E-state index contributed by atoms with van der Waals surface area (Å²) in [5.41, 5.74) is 2.53. The molecule has 0 spiro atoms. The normalized spacial score (nSPS) is 17.9. The Morgan fingerprint density at radius 2 is 1.85 bits per heavy atom. The third kappa shape index (κ3) is 2.65. The van der Waals surface area contributed by atoms with Gasteiger partial charge in [-0.05, 0) is 43.9 Å². The molecule has 1 saturated carbocycles. The second-order valence-electron chi connectivity index (χ2n) is 6.16. The van der Waals surface area contributed by atoms with Crippen LogP contribution in [0.25, 0.3) is 0 Å². The molecule has 1 aromatic rings. The largest absolute Gasteiger partial charge is 0.496 e. The van der Waals surface area contributed by atoms with Crippen molar-refractivity contribution in [1.29, 1.82) is 0 Å². The van der Waals surface area contributed by atoms with Crippen LogP contribution in [0.15, 0.2) is 10.5 Å². The zero-order valence-corrected chi connectivity index (χ0v) is 14.4. The monoisotopic (exact) mass is 338 g/mol. The van der Waals surface area contributed by atoms with Crippen molar-refractivity contribution in [1.82, 2.24) is 0 Å². The fraction of sp³-hybridized carbons (Fsp3) is 0.588. The fourth-order valence-electron chi connectivity index (χ4n) is 3.25. The lowest BCUT2D eigenvalue weighted by Crippen LogP contribution is -2.31. The Balaban J connectivity index is 2.53. The van der Waals surface area contributed by atoms with Gasteiger partial charge in [-0.2, -0.15) is 0 Å². The van der Waals surface area contributed by atoms with Crippen molar-refractivity contribution < 1.29 is 9.53 Å². The van der Waals surface area contributed by atoms with Crippen LogP contribution in [-0.2, 0) is 0 Å². The number of methoxy groups -OCH3 is 1. The van der Waals surface area contributed by atoms with E-state index in [1.54, 1.807) is 7.11 Å². The number of ketones is 1. The van der Waals surface area contributed by atoms with Crippen LogP contribution < -0.4 is 4.74 Å². The summed E-state index contributed by atoms with van der Waals surface area (Å²) < 4.78 is 6.51. The number of rotatable bonds is 3. The molecule has 1 fully saturated rings. The third-order valence-corrected chi connectivity index (χ3v) is 5.42. The first-order valence-electron chi connectivity index (χ1n) is 7.29. The molecule has 0 aromatic heterocycles. The maximum atomic E-state index is 13.1. The molecule has 110 valence electrons. The zero-order valence-electron chi connectivity index (χ0n) is 12.8. The molecular weight excluding hydrogens is 316 g/mol.